The third-order valence-electron chi connectivity index (χ3n) is 4.59. The van der Waals surface area contributed by atoms with E-state index in [2.05, 4.69) is 58.1 Å². The maximum absolute atomic E-state index is 6.34. The van der Waals surface area contributed by atoms with E-state index in [1.54, 1.807) is 0 Å². The molecule has 0 aliphatic carbocycles. The number of aromatic nitrogens is 2. The number of nitrogens with zero attached hydrogens (tertiary/aromatic N) is 2. The number of pyridine rings is 1. The molecule has 5 aromatic rings. The number of rotatable bonds is 1. The molecule has 0 unspecified atom stereocenters. The highest BCUT2D eigenvalue weighted by molar-refractivity contribution is 6.42. The molecule has 0 saturated carbocycles. The lowest BCUT2D eigenvalue weighted by atomic mass is 9.88. The van der Waals surface area contributed by atoms with Gasteiger partial charge in [0.1, 0.15) is 13.7 Å². The van der Waals surface area contributed by atoms with Gasteiger partial charge in [-0.3, -0.25) is 4.57 Å². The molecule has 0 N–H and O–H groups in total. The van der Waals surface area contributed by atoms with Crippen molar-refractivity contribution in [2.75, 3.05) is 0 Å². The molecule has 0 saturated heterocycles. The zero-order chi connectivity index (χ0) is 16.1. The molecule has 2 heterocycles. The van der Waals surface area contributed by atoms with Gasteiger partial charge in [0.25, 0.3) is 0 Å². The summed E-state index contributed by atoms with van der Waals surface area (Å²) >= 11 is 0. The number of benzene rings is 3. The molecule has 5 rings (SSSR count). The van der Waals surface area contributed by atoms with E-state index in [-0.39, 0.29) is 0 Å². The van der Waals surface area contributed by atoms with Gasteiger partial charge in [-0.15, -0.1) is 0 Å². The first-order valence-corrected chi connectivity index (χ1v) is 7.96. The molecular weight excluding hydrogens is 291 g/mol. The summed E-state index contributed by atoms with van der Waals surface area (Å²) in [5.41, 5.74) is 3.10. The smallest absolute Gasteiger partial charge is 0.137 e. The van der Waals surface area contributed by atoms with Crippen molar-refractivity contribution in [1.29, 1.82) is 0 Å². The van der Waals surface area contributed by atoms with Crippen molar-refractivity contribution >= 4 is 45.9 Å². The van der Waals surface area contributed by atoms with Crippen LogP contribution in [0.5, 0.6) is 0 Å². The average Bonchev–Trinajstić information content (AvgIpc) is 2.97. The fourth-order valence-corrected chi connectivity index (χ4v) is 3.58. The zero-order valence-corrected chi connectivity index (χ0v) is 13.0. The van der Waals surface area contributed by atoms with E-state index in [0.717, 1.165) is 38.5 Å². The van der Waals surface area contributed by atoms with E-state index in [1.807, 2.05) is 30.5 Å². The molecule has 0 fully saturated rings. The Balaban J connectivity index is 2.12. The fraction of sp³-hybridized carbons (Fsp3) is 0. The molecule has 2 aromatic heterocycles. The summed E-state index contributed by atoms with van der Waals surface area (Å²) in [7, 11) is 6.34. The van der Waals surface area contributed by atoms with Crippen molar-refractivity contribution in [2.45, 2.75) is 0 Å². The Morgan fingerprint density at radius 3 is 2.21 bits per heavy atom. The SMILES string of the molecule is [B]c1cc2c3ccccc3n(-c3ccccn3)c2c2ccccc12. The molecule has 0 bridgehead atoms. The molecule has 0 aliphatic heterocycles. The molecule has 2 nitrogen and oxygen atoms in total. The summed E-state index contributed by atoms with van der Waals surface area (Å²) in [5, 5.41) is 4.57. The topological polar surface area (TPSA) is 17.8 Å². The van der Waals surface area contributed by atoms with Crippen LogP contribution in [0, 0.1) is 0 Å². The summed E-state index contributed by atoms with van der Waals surface area (Å²) in [5.74, 6) is 0.915. The zero-order valence-electron chi connectivity index (χ0n) is 13.0. The van der Waals surface area contributed by atoms with Crippen molar-refractivity contribution in [3.63, 3.8) is 0 Å². The summed E-state index contributed by atoms with van der Waals surface area (Å²) in [6, 6.07) is 24.8. The van der Waals surface area contributed by atoms with E-state index in [4.69, 9.17) is 7.85 Å². The van der Waals surface area contributed by atoms with Gasteiger partial charge in [0.15, 0.2) is 0 Å². The Bertz CT molecular complexity index is 1210. The lowest BCUT2D eigenvalue weighted by Crippen LogP contribution is -2.05. The minimum absolute atomic E-state index is 0.807. The Hall–Kier alpha value is -3.07. The second-order valence-corrected chi connectivity index (χ2v) is 5.95. The minimum Gasteiger partial charge on any atom is -0.293 e. The van der Waals surface area contributed by atoms with Gasteiger partial charge in [-0.25, -0.2) is 4.98 Å². The number of fused-ring (bicyclic) bond motifs is 5. The van der Waals surface area contributed by atoms with Crippen LogP contribution in [-0.4, -0.2) is 17.4 Å². The highest BCUT2D eigenvalue weighted by Crippen LogP contribution is 2.34. The van der Waals surface area contributed by atoms with Gasteiger partial charge in [-0.05, 0) is 23.6 Å². The summed E-state index contributed by atoms with van der Waals surface area (Å²) in [6.07, 6.45) is 1.83. The standard InChI is InChI=1S/C21H13BN2/c22-18-13-17-15-8-3-4-10-19(15)24(20-11-5-6-12-23-20)21(17)16-9-2-1-7-14(16)18/h1-13H. The van der Waals surface area contributed by atoms with Crippen LogP contribution < -0.4 is 5.46 Å². The van der Waals surface area contributed by atoms with Crippen molar-refractivity contribution in [3.8, 4) is 5.82 Å². The lowest BCUT2D eigenvalue weighted by molar-refractivity contribution is 1.08. The minimum atomic E-state index is 0.807. The lowest BCUT2D eigenvalue weighted by Gasteiger charge is -2.10. The number of para-hydroxylation sites is 1. The van der Waals surface area contributed by atoms with Crippen LogP contribution in [0.4, 0.5) is 0 Å². The highest BCUT2D eigenvalue weighted by atomic mass is 15.1. The summed E-state index contributed by atoms with van der Waals surface area (Å²) in [4.78, 5) is 4.58. The molecule has 110 valence electrons. The van der Waals surface area contributed by atoms with Gasteiger partial charge in [0, 0.05) is 22.4 Å². The molecule has 24 heavy (non-hydrogen) atoms. The first-order chi connectivity index (χ1) is 11.8. The quantitative estimate of drug-likeness (QED) is 0.426. The predicted molar refractivity (Wildman–Crippen MR) is 101 cm³/mol. The number of hydrogen-bond donors (Lipinski definition) is 0. The normalized spacial score (nSPS) is 11.5. The largest absolute Gasteiger partial charge is 0.293 e. The second kappa shape index (κ2) is 4.97. The third kappa shape index (κ3) is 1.75. The van der Waals surface area contributed by atoms with Crippen LogP contribution in [-0.2, 0) is 0 Å². The van der Waals surface area contributed by atoms with Gasteiger partial charge in [0.05, 0.1) is 11.0 Å². The molecule has 0 spiro atoms. The van der Waals surface area contributed by atoms with Crippen molar-refractivity contribution in [1.82, 2.24) is 9.55 Å². The monoisotopic (exact) mass is 304 g/mol. The van der Waals surface area contributed by atoms with Crippen LogP contribution in [0.1, 0.15) is 0 Å². The molecule has 3 aromatic carbocycles. The summed E-state index contributed by atoms with van der Waals surface area (Å²) in [6.45, 7) is 0. The van der Waals surface area contributed by atoms with Crippen molar-refractivity contribution in [2.24, 2.45) is 0 Å². The van der Waals surface area contributed by atoms with Crippen molar-refractivity contribution in [3.05, 3.63) is 79.0 Å². The molecule has 0 atom stereocenters. The Morgan fingerprint density at radius 1 is 0.708 bits per heavy atom. The third-order valence-corrected chi connectivity index (χ3v) is 4.59. The van der Waals surface area contributed by atoms with Crippen LogP contribution in [0.2, 0.25) is 0 Å². The van der Waals surface area contributed by atoms with Gasteiger partial charge >= 0.3 is 0 Å². The Kier molecular flexibility index (Phi) is 2.77. The molecule has 0 amide bonds. The van der Waals surface area contributed by atoms with E-state index in [0.29, 0.717) is 0 Å². The maximum atomic E-state index is 6.34. The van der Waals surface area contributed by atoms with Crippen LogP contribution in [0.15, 0.2) is 79.0 Å². The van der Waals surface area contributed by atoms with Gasteiger partial charge in [-0.1, -0.05) is 60.1 Å². The Labute approximate surface area is 140 Å². The highest BCUT2D eigenvalue weighted by Gasteiger charge is 2.15. The summed E-state index contributed by atoms with van der Waals surface area (Å²) < 4.78 is 2.23. The van der Waals surface area contributed by atoms with Gasteiger partial charge in [-0.2, -0.15) is 0 Å². The first-order valence-electron chi connectivity index (χ1n) is 7.96. The number of hydrogen-bond acceptors (Lipinski definition) is 1. The van der Waals surface area contributed by atoms with Crippen LogP contribution in [0.25, 0.3) is 38.4 Å². The second-order valence-electron chi connectivity index (χ2n) is 5.95. The van der Waals surface area contributed by atoms with E-state index >= 15 is 0 Å². The molecule has 2 radical (unpaired) electrons. The predicted octanol–water partition coefficient (Wildman–Crippen LogP) is 4.13. The maximum Gasteiger partial charge on any atom is 0.137 e. The first kappa shape index (κ1) is 13.4. The average molecular weight is 304 g/mol. The molecule has 0 aliphatic rings. The van der Waals surface area contributed by atoms with E-state index < -0.39 is 0 Å². The van der Waals surface area contributed by atoms with Crippen molar-refractivity contribution < 1.29 is 0 Å². The fourth-order valence-electron chi connectivity index (χ4n) is 3.58. The Morgan fingerprint density at radius 2 is 1.42 bits per heavy atom. The van der Waals surface area contributed by atoms with Crippen LogP contribution >= 0.6 is 0 Å². The van der Waals surface area contributed by atoms with Gasteiger partial charge < -0.3 is 0 Å². The van der Waals surface area contributed by atoms with E-state index in [1.165, 1.54) is 5.39 Å². The van der Waals surface area contributed by atoms with E-state index in [9.17, 15) is 0 Å². The van der Waals surface area contributed by atoms with Crippen LogP contribution in [0.3, 0.4) is 0 Å². The molecular formula is C21H13BN2. The molecule has 3 heteroatoms. The van der Waals surface area contributed by atoms with Gasteiger partial charge in [0.2, 0.25) is 0 Å².